The van der Waals surface area contributed by atoms with Gasteiger partial charge in [-0.05, 0) is 63.2 Å². The molecule has 2 aromatic carbocycles. The first-order chi connectivity index (χ1) is 14.4. The number of nitrogens with zero attached hydrogens (tertiary/aromatic N) is 2. The number of carbonyl (C=O) groups excluding carboxylic acids is 3. The van der Waals surface area contributed by atoms with E-state index in [0.29, 0.717) is 42.3 Å². The number of fused-ring (bicyclic) bond motifs is 1. The molecule has 0 bridgehead atoms. The van der Waals surface area contributed by atoms with Crippen molar-refractivity contribution >= 4 is 23.4 Å². The van der Waals surface area contributed by atoms with Crippen LogP contribution in [0.2, 0.25) is 0 Å². The summed E-state index contributed by atoms with van der Waals surface area (Å²) in [6, 6.07) is 11.5. The molecule has 0 aliphatic carbocycles. The van der Waals surface area contributed by atoms with E-state index in [9.17, 15) is 14.4 Å². The zero-order valence-electron chi connectivity index (χ0n) is 17.3. The van der Waals surface area contributed by atoms with Gasteiger partial charge in [0.25, 0.3) is 17.7 Å². The molecule has 7 nitrogen and oxygen atoms in total. The summed E-state index contributed by atoms with van der Waals surface area (Å²) >= 11 is 0. The van der Waals surface area contributed by atoms with Gasteiger partial charge in [-0.15, -0.1) is 0 Å². The molecule has 2 aromatic rings. The van der Waals surface area contributed by atoms with E-state index in [4.69, 9.17) is 9.47 Å². The van der Waals surface area contributed by atoms with Crippen LogP contribution in [-0.2, 0) is 4.74 Å². The van der Waals surface area contributed by atoms with E-state index in [1.165, 1.54) is 6.07 Å². The van der Waals surface area contributed by atoms with Crippen molar-refractivity contribution in [3.8, 4) is 5.75 Å². The molecule has 2 aliphatic rings. The van der Waals surface area contributed by atoms with Gasteiger partial charge in [0.2, 0.25) is 0 Å². The molecular weight excluding hydrogens is 384 g/mol. The Morgan fingerprint density at radius 2 is 1.63 bits per heavy atom. The van der Waals surface area contributed by atoms with E-state index in [1.54, 1.807) is 41.3 Å². The minimum absolute atomic E-state index is 0.0505. The Hall–Kier alpha value is -3.19. The van der Waals surface area contributed by atoms with E-state index in [2.05, 4.69) is 0 Å². The lowest BCUT2D eigenvalue weighted by atomic mass is 10.0. The van der Waals surface area contributed by atoms with E-state index >= 15 is 0 Å². The Kier molecular flexibility index (Phi) is 5.30. The third-order valence-electron chi connectivity index (χ3n) is 5.25. The lowest BCUT2D eigenvalue weighted by molar-refractivity contribution is -0.0586. The molecular formula is C23H24N2O5. The molecule has 30 heavy (non-hydrogen) atoms. The molecule has 3 amide bonds. The molecule has 2 heterocycles. The highest BCUT2D eigenvalue weighted by atomic mass is 16.5. The summed E-state index contributed by atoms with van der Waals surface area (Å²) in [5.74, 6) is -0.330. The van der Waals surface area contributed by atoms with Crippen LogP contribution in [0.1, 0.15) is 51.8 Å². The number of morpholine rings is 1. The van der Waals surface area contributed by atoms with Crippen molar-refractivity contribution in [2.75, 3.05) is 24.6 Å². The highest BCUT2D eigenvalue weighted by molar-refractivity contribution is 6.34. The van der Waals surface area contributed by atoms with Gasteiger partial charge in [-0.25, -0.2) is 4.90 Å². The number of benzene rings is 2. The van der Waals surface area contributed by atoms with Crippen LogP contribution >= 0.6 is 0 Å². The summed E-state index contributed by atoms with van der Waals surface area (Å²) in [5, 5.41) is 0. The molecule has 0 saturated carbocycles. The van der Waals surface area contributed by atoms with Gasteiger partial charge < -0.3 is 14.4 Å². The number of hydrogen-bond acceptors (Lipinski definition) is 5. The number of amides is 3. The quantitative estimate of drug-likeness (QED) is 0.727. The Bertz CT molecular complexity index is 991. The van der Waals surface area contributed by atoms with Crippen LogP contribution in [-0.4, -0.2) is 54.5 Å². The average molecular weight is 408 g/mol. The topological polar surface area (TPSA) is 76.2 Å². The molecule has 0 radical (unpaired) electrons. The Labute approximate surface area is 175 Å². The second-order valence-electron chi connectivity index (χ2n) is 7.60. The summed E-state index contributed by atoms with van der Waals surface area (Å²) in [7, 11) is 0. The van der Waals surface area contributed by atoms with Crippen LogP contribution in [0.25, 0.3) is 0 Å². The number of imide groups is 1. The van der Waals surface area contributed by atoms with E-state index in [-0.39, 0.29) is 23.7 Å². The number of hydrogen-bond donors (Lipinski definition) is 0. The molecule has 2 atom stereocenters. The third-order valence-corrected chi connectivity index (χ3v) is 5.25. The molecule has 1 saturated heterocycles. The van der Waals surface area contributed by atoms with Crippen molar-refractivity contribution in [3.63, 3.8) is 0 Å². The predicted octanol–water partition coefficient (Wildman–Crippen LogP) is 3.14. The van der Waals surface area contributed by atoms with Crippen LogP contribution in [0.5, 0.6) is 5.75 Å². The van der Waals surface area contributed by atoms with Gasteiger partial charge in [0, 0.05) is 18.7 Å². The van der Waals surface area contributed by atoms with E-state index < -0.39 is 11.8 Å². The van der Waals surface area contributed by atoms with Crippen molar-refractivity contribution in [3.05, 3.63) is 59.2 Å². The molecule has 0 aromatic heterocycles. The maximum Gasteiger partial charge on any atom is 0.266 e. The fourth-order valence-corrected chi connectivity index (χ4v) is 3.99. The van der Waals surface area contributed by atoms with Gasteiger partial charge in [0.15, 0.2) is 0 Å². The van der Waals surface area contributed by atoms with Gasteiger partial charge in [-0.2, -0.15) is 0 Å². The maximum atomic E-state index is 13.0. The fourth-order valence-electron chi connectivity index (χ4n) is 3.99. The minimum Gasteiger partial charge on any atom is -0.494 e. The van der Waals surface area contributed by atoms with Gasteiger partial charge >= 0.3 is 0 Å². The first-order valence-corrected chi connectivity index (χ1v) is 10.1. The van der Waals surface area contributed by atoms with Crippen LogP contribution in [0.3, 0.4) is 0 Å². The normalized spacial score (nSPS) is 21.0. The highest BCUT2D eigenvalue weighted by Gasteiger charge is 2.37. The van der Waals surface area contributed by atoms with Gasteiger partial charge in [0.1, 0.15) is 5.75 Å². The third kappa shape index (κ3) is 3.57. The highest BCUT2D eigenvalue weighted by Crippen LogP contribution is 2.30. The monoisotopic (exact) mass is 408 g/mol. The average Bonchev–Trinajstić information content (AvgIpc) is 2.97. The molecule has 2 aliphatic heterocycles. The lowest BCUT2D eigenvalue weighted by Gasteiger charge is -2.35. The number of carbonyl (C=O) groups is 3. The molecule has 0 N–H and O–H groups in total. The van der Waals surface area contributed by atoms with Gasteiger partial charge in [0.05, 0.1) is 35.6 Å². The van der Waals surface area contributed by atoms with Crippen LogP contribution in [0, 0.1) is 0 Å². The Morgan fingerprint density at radius 3 is 2.27 bits per heavy atom. The summed E-state index contributed by atoms with van der Waals surface area (Å²) < 4.78 is 11.1. The van der Waals surface area contributed by atoms with Gasteiger partial charge in [-0.1, -0.05) is 0 Å². The van der Waals surface area contributed by atoms with Gasteiger partial charge in [-0.3, -0.25) is 14.4 Å². The Balaban J connectivity index is 1.59. The summed E-state index contributed by atoms with van der Waals surface area (Å²) in [6.45, 7) is 7.25. The zero-order valence-corrected chi connectivity index (χ0v) is 17.3. The second-order valence-corrected chi connectivity index (χ2v) is 7.60. The fraction of sp³-hybridized carbons (Fsp3) is 0.348. The van der Waals surface area contributed by atoms with Crippen molar-refractivity contribution < 1.29 is 23.9 Å². The molecule has 4 rings (SSSR count). The van der Waals surface area contributed by atoms with Crippen molar-refractivity contribution in [2.45, 2.75) is 33.0 Å². The molecule has 1 fully saturated rings. The van der Waals surface area contributed by atoms with Crippen LogP contribution < -0.4 is 9.64 Å². The zero-order chi connectivity index (χ0) is 21.4. The Morgan fingerprint density at radius 1 is 1.00 bits per heavy atom. The maximum absolute atomic E-state index is 13.0. The van der Waals surface area contributed by atoms with Crippen molar-refractivity contribution in [2.24, 2.45) is 0 Å². The molecule has 7 heteroatoms. The molecule has 156 valence electrons. The predicted molar refractivity (Wildman–Crippen MR) is 111 cm³/mol. The number of anilines is 1. The van der Waals surface area contributed by atoms with Crippen LogP contribution in [0.15, 0.2) is 42.5 Å². The first-order valence-electron chi connectivity index (χ1n) is 10.1. The minimum atomic E-state index is -0.433. The largest absolute Gasteiger partial charge is 0.494 e. The first kappa shape index (κ1) is 20.1. The second kappa shape index (κ2) is 7.91. The number of rotatable bonds is 4. The molecule has 0 unspecified atom stereocenters. The standard InChI is InChI=1S/C23H24N2O5/c1-4-29-18-8-6-17(7-9-18)25-22(27)19-10-5-16(11-20(19)23(25)28)21(26)24-12-14(2)30-15(3)13-24/h5-11,14-15H,4,12-13H2,1-3H3/t14-,15-/m1/s1. The smallest absolute Gasteiger partial charge is 0.266 e. The van der Waals surface area contributed by atoms with Crippen molar-refractivity contribution in [1.29, 1.82) is 0 Å². The van der Waals surface area contributed by atoms with Crippen LogP contribution in [0.4, 0.5) is 5.69 Å². The lowest BCUT2D eigenvalue weighted by Crippen LogP contribution is -2.48. The summed E-state index contributed by atoms with van der Waals surface area (Å²) in [4.78, 5) is 41.7. The number of ether oxygens (including phenoxy) is 2. The summed E-state index contributed by atoms with van der Waals surface area (Å²) in [6.07, 6.45) is -0.101. The van der Waals surface area contributed by atoms with Crippen molar-refractivity contribution in [1.82, 2.24) is 4.90 Å². The molecule has 0 spiro atoms. The SMILES string of the molecule is CCOc1ccc(N2C(=O)c3ccc(C(=O)N4C[C@@H](C)O[C@H](C)C4)cc3C2=O)cc1. The van der Waals surface area contributed by atoms with E-state index in [0.717, 1.165) is 4.90 Å². The van der Waals surface area contributed by atoms with E-state index in [1.807, 2.05) is 20.8 Å². The summed E-state index contributed by atoms with van der Waals surface area (Å²) in [5.41, 5.74) is 1.40.